The topological polar surface area (TPSA) is 26.3 Å². The predicted molar refractivity (Wildman–Crippen MR) is 108 cm³/mol. The van der Waals surface area contributed by atoms with Crippen LogP contribution in [0.15, 0.2) is 12.7 Å². The van der Waals surface area contributed by atoms with Gasteiger partial charge in [-0.15, -0.1) is 0 Å². The second-order valence-corrected chi connectivity index (χ2v) is 9.45. The van der Waals surface area contributed by atoms with E-state index in [0.29, 0.717) is 0 Å². The molecule has 3 saturated carbocycles. The fraction of sp³-hybridized carbons (Fsp3) is 0.875. The van der Waals surface area contributed by atoms with Crippen molar-refractivity contribution >= 4 is 5.97 Å². The van der Waals surface area contributed by atoms with Gasteiger partial charge in [0.15, 0.2) is 0 Å². The molecule has 3 fully saturated rings. The van der Waals surface area contributed by atoms with Gasteiger partial charge in [-0.3, -0.25) is 0 Å². The van der Waals surface area contributed by atoms with Crippen LogP contribution in [0.1, 0.15) is 96.8 Å². The van der Waals surface area contributed by atoms with E-state index in [4.69, 9.17) is 4.74 Å². The fourth-order valence-electron chi connectivity index (χ4n) is 6.26. The van der Waals surface area contributed by atoms with Gasteiger partial charge in [0.05, 0.1) is 0 Å². The third-order valence-corrected chi connectivity index (χ3v) is 7.83. The van der Waals surface area contributed by atoms with Gasteiger partial charge in [0.25, 0.3) is 0 Å². The minimum Gasteiger partial charge on any atom is -0.459 e. The Morgan fingerprint density at radius 1 is 0.885 bits per heavy atom. The molecule has 0 aromatic heterocycles. The van der Waals surface area contributed by atoms with Gasteiger partial charge >= 0.3 is 5.97 Å². The molecular formula is C24H40O2. The van der Waals surface area contributed by atoms with E-state index in [-0.39, 0.29) is 12.1 Å². The van der Waals surface area contributed by atoms with E-state index in [1.165, 1.54) is 83.1 Å². The molecule has 3 aliphatic rings. The van der Waals surface area contributed by atoms with E-state index in [0.717, 1.165) is 42.4 Å². The Kier molecular flexibility index (Phi) is 7.64. The van der Waals surface area contributed by atoms with Crippen molar-refractivity contribution in [2.24, 2.45) is 29.6 Å². The Morgan fingerprint density at radius 3 is 2.19 bits per heavy atom. The molecule has 0 amide bonds. The molecular weight excluding hydrogens is 320 g/mol. The number of ether oxygens (including phenoxy) is 1. The maximum atomic E-state index is 11.5. The third-order valence-electron chi connectivity index (χ3n) is 7.83. The van der Waals surface area contributed by atoms with Crippen LogP contribution >= 0.6 is 0 Å². The van der Waals surface area contributed by atoms with Crippen LogP contribution in [0.2, 0.25) is 0 Å². The average molecular weight is 361 g/mol. The molecule has 4 atom stereocenters. The highest BCUT2D eigenvalue weighted by Gasteiger charge is 2.39. The van der Waals surface area contributed by atoms with E-state index in [1.54, 1.807) is 0 Å². The summed E-state index contributed by atoms with van der Waals surface area (Å²) in [5.41, 5.74) is 0. The largest absolute Gasteiger partial charge is 0.459 e. The lowest BCUT2D eigenvalue weighted by Gasteiger charge is -2.45. The van der Waals surface area contributed by atoms with Crippen LogP contribution in [-0.2, 0) is 9.53 Å². The molecule has 2 heteroatoms. The summed E-state index contributed by atoms with van der Waals surface area (Å²) in [6.07, 6.45) is 20.9. The first-order valence-corrected chi connectivity index (χ1v) is 11.5. The van der Waals surface area contributed by atoms with Gasteiger partial charge in [-0.2, -0.15) is 0 Å². The Hall–Kier alpha value is -0.790. The van der Waals surface area contributed by atoms with E-state index in [1.807, 2.05) is 0 Å². The first-order valence-electron chi connectivity index (χ1n) is 11.5. The summed E-state index contributed by atoms with van der Waals surface area (Å²) in [4.78, 5) is 11.5. The van der Waals surface area contributed by atoms with E-state index in [2.05, 4.69) is 13.5 Å². The summed E-state index contributed by atoms with van der Waals surface area (Å²) in [5, 5.41) is 0. The molecule has 0 aromatic rings. The van der Waals surface area contributed by atoms with Crippen molar-refractivity contribution in [1.29, 1.82) is 0 Å². The molecule has 0 saturated heterocycles. The van der Waals surface area contributed by atoms with Gasteiger partial charge in [-0.1, -0.05) is 52.0 Å². The molecule has 4 unspecified atom stereocenters. The van der Waals surface area contributed by atoms with Gasteiger partial charge in [-0.05, 0) is 81.0 Å². The summed E-state index contributed by atoms with van der Waals surface area (Å²) < 4.78 is 5.53. The normalized spacial score (nSPS) is 37.6. The first-order chi connectivity index (χ1) is 12.7. The number of fused-ring (bicyclic) bond motifs is 1. The number of esters is 1. The summed E-state index contributed by atoms with van der Waals surface area (Å²) in [5.74, 6) is 4.49. The first kappa shape index (κ1) is 20.0. The summed E-state index contributed by atoms with van der Waals surface area (Å²) in [6, 6.07) is 0. The van der Waals surface area contributed by atoms with Crippen molar-refractivity contribution in [2.45, 2.75) is 103 Å². The molecule has 2 nitrogen and oxygen atoms in total. The lowest BCUT2D eigenvalue weighted by molar-refractivity contribution is -0.146. The summed E-state index contributed by atoms with van der Waals surface area (Å²) >= 11 is 0. The minimum absolute atomic E-state index is 0.150. The molecule has 3 rings (SSSR count). The second-order valence-electron chi connectivity index (χ2n) is 9.45. The van der Waals surface area contributed by atoms with Crippen molar-refractivity contribution in [3.8, 4) is 0 Å². The van der Waals surface area contributed by atoms with Gasteiger partial charge < -0.3 is 4.74 Å². The van der Waals surface area contributed by atoms with Crippen molar-refractivity contribution in [1.82, 2.24) is 0 Å². The zero-order valence-corrected chi connectivity index (χ0v) is 17.0. The van der Waals surface area contributed by atoms with Gasteiger partial charge in [0.1, 0.15) is 6.10 Å². The van der Waals surface area contributed by atoms with Crippen LogP contribution in [0.3, 0.4) is 0 Å². The zero-order chi connectivity index (χ0) is 18.4. The van der Waals surface area contributed by atoms with Crippen LogP contribution in [0.5, 0.6) is 0 Å². The van der Waals surface area contributed by atoms with Gasteiger partial charge in [0.2, 0.25) is 0 Å². The minimum atomic E-state index is -0.238. The molecule has 0 spiro atoms. The van der Waals surface area contributed by atoms with Crippen LogP contribution in [-0.4, -0.2) is 12.1 Å². The maximum Gasteiger partial charge on any atom is 0.330 e. The lowest BCUT2D eigenvalue weighted by atomic mass is 9.62. The monoisotopic (exact) mass is 360 g/mol. The molecule has 0 N–H and O–H groups in total. The van der Waals surface area contributed by atoms with Gasteiger partial charge in [0, 0.05) is 6.08 Å². The molecule has 26 heavy (non-hydrogen) atoms. The van der Waals surface area contributed by atoms with E-state index >= 15 is 0 Å². The zero-order valence-electron chi connectivity index (χ0n) is 17.0. The quantitative estimate of drug-likeness (QED) is 0.287. The van der Waals surface area contributed by atoms with Crippen molar-refractivity contribution in [3.63, 3.8) is 0 Å². The Balaban J connectivity index is 1.40. The van der Waals surface area contributed by atoms with Gasteiger partial charge in [-0.25, -0.2) is 4.79 Å². The van der Waals surface area contributed by atoms with Crippen LogP contribution in [0.25, 0.3) is 0 Å². The fourth-order valence-corrected chi connectivity index (χ4v) is 6.26. The molecule has 3 aliphatic carbocycles. The van der Waals surface area contributed by atoms with Crippen molar-refractivity contribution < 1.29 is 9.53 Å². The van der Waals surface area contributed by atoms with E-state index < -0.39 is 0 Å². The highest BCUT2D eigenvalue weighted by molar-refractivity contribution is 5.81. The second kappa shape index (κ2) is 9.95. The molecule has 0 bridgehead atoms. The molecule has 0 aromatic carbocycles. The maximum absolute atomic E-state index is 11.5. The molecule has 148 valence electrons. The number of unbranched alkanes of at least 4 members (excludes halogenated alkanes) is 2. The predicted octanol–water partition coefficient (Wildman–Crippen LogP) is 6.69. The smallest absolute Gasteiger partial charge is 0.330 e. The molecule has 0 aliphatic heterocycles. The third kappa shape index (κ3) is 5.36. The van der Waals surface area contributed by atoms with Crippen molar-refractivity contribution in [2.75, 3.05) is 0 Å². The average Bonchev–Trinajstić information content (AvgIpc) is 2.68. The van der Waals surface area contributed by atoms with Crippen LogP contribution < -0.4 is 0 Å². The number of carbonyl (C=O) groups is 1. The van der Waals surface area contributed by atoms with Crippen LogP contribution in [0, 0.1) is 29.6 Å². The number of hydrogen-bond acceptors (Lipinski definition) is 2. The Morgan fingerprint density at radius 2 is 1.50 bits per heavy atom. The number of rotatable bonds is 7. The summed E-state index contributed by atoms with van der Waals surface area (Å²) in [7, 11) is 0. The van der Waals surface area contributed by atoms with Crippen molar-refractivity contribution in [3.05, 3.63) is 12.7 Å². The molecule has 0 heterocycles. The Labute approximate surface area is 161 Å². The van der Waals surface area contributed by atoms with E-state index in [9.17, 15) is 4.79 Å². The summed E-state index contributed by atoms with van der Waals surface area (Å²) in [6.45, 7) is 5.83. The highest BCUT2D eigenvalue weighted by Crippen LogP contribution is 2.48. The molecule has 0 radical (unpaired) electrons. The number of carbonyl (C=O) groups excluding carboxylic acids is 1. The highest BCUT2D eigenvalue weighted by atomic mass is 16.5. The standard InChI is InChI=1S/C24H40O2/c1-3-5-6-7-18-8-10-19(11-9-18)20-12-13-22-17-23(26-24(25)4-2)15-14-21(22)16-20/h4,18-23H,2-3,5-17H2,1H3. The number of hydrogen-bond donors (Lipinski definition) is 0. The Bertz CT molecular complexity index is 449. The van der Waals surface area contributed by atoms with Crippen LogP contribution in [0.4, 0.5) is 0 Å². The SMILES string of the molecule is C=CC(=O)OC1CCC2CC(C3CCC(CCCCC)CC3)CCC2C1. The lowest BCUT2D eigenvalue weighted by Crippen LogP contribution is -2.37.